The zero-order valence-electron chi connectivity index (χ0n) is 14.6. The summed E-state index contributed by atoms with van der Waals surface area (Å²) in [5.74, 6) is 6.33. The third-order valence-electron chi connectivity index (χ3n) is 4.39. The van der Waals surface area contributed by atoms with E-state index >= 15 is 0 Å². The van der Waals surface area contributed by atoms with Crippen LogP contribution in [0.15, 0.2) is 36.8 Å². The van der Waals surface area contributed by atoms with Gasteiger partial charge in [-0.3, -0.25) is 4.79 Å². The van der Waals surface area contributed by atoms with Crippen molar-refractivity contribution in [3.05, 3.63) is 53.5 Å². The van der Waals surface area contributed by atoms with E-state index in [0.717, 1.165) is 12.8 Å². The van der Waals surface area contributed by atoms with Crippen LogP contribution in [0.3, 0.4) is 0 Å². The smallest absolute Gasteiger partial charge is 0.251 e. The lowest BCUT2D eigenvalue weighted by Crippen LogP contribution is -2.25. The minimum Gasteiger partial charge on any atom is -0.383 e. The van der Waals surface area contributed by atoms with Crippen molar-refractivity contribution in [1.29, 1.82) is 0 Å². The van der Waals surface area contributed by atoms with Crippen molar-refractivity contribution in [3.63, 3.8) is 0 Å². The van der Waals surface area contributed by atoms with Gasteiger partial charge >= 0.3 is 0 Å². The summed E-state index contributed by atoms with van der Waals surface area (Å²) in [6.45, 7) is -0.343. The van der Waals surface area contributed by atoms with Crippen LogP contribution in [-0.4, -0.2) is 33.2 Å². The summed E-state index contributed by atoms with van der Waals surface area (Å²) >= 11 is 0. The van der Waals surface area contributed by atoms with Gasteiger partial charge in [-0.1, -0.05) is 17.9 Å². The molecule has 0 saturated heterocycles. The Morgan fingerprint density at radius 1 is 1.33 bits per heavy atom. The van der Waals surface area contributed by atoms with Gasteiger partial charge in [0.1, 0.15) is 24.5 Å². The van der Waals surface area contributed by atoms with Gasteiger partial charge in [-0.25, -0.2) is 14.4 Å². The number of nitrogens with two attached hydrogens (primary N) is 1. The summed E-state index contributed by atoms with van der Waals surface area (Å²) in [5, 5.41) is 3.57. The lowest BCUT2D eigenvalue weighted by Gasteiger charge is -2.03. The van der Waals surface area contributed by atoms with E-state index in [1.54, 1.807) is 29.0 Å². The van der Waals surface area contributed by atoms with Gasteiger partial charge in [0.25, 0.3) is 5.91 Å². The van der Waals surface area contributed by atoms with Crippen molar-refractivity contribution in [3.8, 4) is 11.8 Å². The highest BCUT2D eigenvalue weighted by Gasteiger charge is 2.23. The number of hydrogen-bond donors (Lipinski definition) is 2. The number of fused-ring (bicyclic) bond motifs is 1. The molecule has 1 fully saturated rings. The van der Waals surface area contributed by atoms with Gasteiger partial charge in [0.15, 0.2) is 0 Å². The summed E-state index contributed by atoms with van der Waals surface area (Å²) in [6, 6.07) is 7.46. The average Bonchev–Trinajstić information content (AvgIpc) is 3.41. The molecule has 0 atom stereocenters. The second-order valence-corrected chi connectivity index (χ2v) is 6.46. The zero-order chi connectivity index (χ0) is 18.8. The summed E-state index contributed by atoms with van der Waals surface area (Å²) in [4.78, 5) is 20.4. The number of nitrogen functional groups attached to an aromatic ring is 1. The number of halogens is 1. The van der Waals surface area contributed by atoms with E-state index in [-0.39, 0.29) is 12.5 Å². The molecule has 27 heavy (non-hydrogen) atoms. The first-order chi connectivity index (χ1) is 13.2. The van der Waals surface area contributed by atoms with E-state index in [1.807, 2.05) is 6.07 Å². The van der Waals surface area contributed by atoms with E-state index in [2.05, 4.69) is 27.1 Å². The molecule has 0 spiro atoms. The monoisotopic (exact) mass is 363 g/mol. The standard InChI is InChI=1S/C20H18FN5O/c21-8-9-26-11-15(17-18(22)23-12-24-19(17)26)5-4-13-2-1-3-14(10-13)20(27)25-16-6-7-16/h1-3,10-12,16H,6-9H2,(H,25,27)(H2,22,23,24). The van der Waals surface area contributed by atoms with Crippen LogP contribution in [0.4, 0.5) is 10.2 Å². The van der Waals surface area contributed by atoms with Crippen LogP contribution < -0.4 is 11.1 Å². The van der Waals surface area contributed by atoms with Gasteiger partial charge in [0, 0.05) is 23.4 Å². The predicted octanol–water partition coefficient (Wildman–Crippen LogP) is 2.28. The maximum atomic E-state index is 12.8. The van der Waals surface area contributed by atoms with Gasteiger partial charge in [-0.15, -0.1) is 0 Å². The Hall–Kier alpha value is -3.40. The third-order valence-corrected chi connectivity index (χ3v) is 4.39. The second-order valence-electron chi connectivity index (χ2n) is 6.46. The Kier molecular flexibility index (Phi) is 4.47. The fraction of sp³-hybridized carbons (Fsp3) is 0.250. The Morgan fingerprint density at radius 3 is 2.96 bits per heavy atom. The van der Waals surface area contributed by atoms with Crippen LogP contribution in [0, 0.1) is 11.8 Å². The highest BCUT2D eigenvalue weighted by Crippen LogP contribution is 2.23. The zero-order valence-corrected chi connectivity index (χ0v) is 14.6. The van der Waals surface area contributed by atoms with E-state index in [0.29, 0.717) is 39.6 Å². The number of carbonyl (C=O) groups is 1. The highest BCUT2D eigenvalue weighted by atomic mass is 19.1. The number of alkyl halides is 1. The maximum Gasteiger partial charge on any atom is 0.251 e. The van der Waals surface area contributed by atoms with Gasteiger partial charge in [0.2, 0.25) is 0 Å². The van der Waals surface area contributed by atoms with Crippen LogP contribution in [0.5, 0.6) is 0 Å². The summed E-state index contributed by atoms with van der Waals surface area (Å²) in [5.41, 5.74) is 8.45. The highest BCUT2D eigenvalue weighted by molar-refractivity contribution is 5.95. The fourth-order valence-corrected chi connectivity index (χ4v) is 2.88. The fourth-order valence-electron chi connectivity index (χ4n) is 2.88. The Balaban J connectivity index is 1.67. The van der Waals surface area contributed by atoms with Crippen molar-refractivity contribution in [2.45, 2.75) is 25.4 Å². The first-order valence-corrected chi connectivity index (χ1v) is 8.74. The maximum absolute atomic E-state index is 12.8. The van der Waals surface area contributed by atoms with Gasteiger partial charge in [-0.2, -0.15) is 0 Å². The lowest BCUT2D eigenvalue weighted by molar-refractivity contribution is 0.0951. The summed E-state index contributed by atoms with van der Waals surface area (Å²) < 4.78 is 14.5. The molecule has 1 amide bonds. The van der Waals surface area contributed by atoms with Crippen LogP contribution >= 0.6 is 0 Å². The molecule has 0 aliphatic heterocycles. The molecule has 1 aromatic carbocycles. The minimum atomic E-state index is -0.515. The van der Waals surface area contributed by atoms with Gasteiger partial charge in [-0.05, 0) is 31.0 Å². The molecule has 0 bridgehead atoms. The number of aryl methyl sites for hydroxylation is 1. The number of rotatable bonds is 4. The number of benzene rings is 1. The molecule has 7 heteroatoms. The van der Waals surface area contributed by atoms with Crippen molar-refractivity contribution in [1.82, 2.24) is 19.9 Å². The van der Waals surface area contributed by atoms with Crippen molar-refractivity contribution < 1.29 is 9.18 Å². The molecule has 2 aromatic heterocycles. The van der Waals surface area contributed by atoms with Crippen LogP contribution in [0.25, 0.3) is 11.0 Å². The molecule has 0 unspecified atom stereocenters. The molecule has 4 rings (SSSR count). The average molecular weight is 363 g/mol. The van der Waals surface area contributed by atoms with Crippen molar-refractivity contribution >= 4 is 22.8 Å². The minimum absolute atomic E-state index is 0.0849. The number of anilines is 1. The van der Waals surface area contributed by atoms with E-state index in [9.17, 15) is 9.18 Å². The number of carbonyl (C=O) groups excluding carboxylic acids is 1. The van der Waals surface area contributed by atoms with Crippen LogP contribution in [0.2, 0.25) is 0 Å². The van der Waals surface area contributed by atoms with Crippen LogP contribution in [0.1, 0.15) is 34.3 Å². The largest absolute Gasteiger partial charge is 0.383 e. The Bertz CT molecular complexity index is 1070. The SMILES string of the molecule is Nc1ncnc2c1c(C#Cc1cccc(C(=O)NC3CC3)c1)cn2CCF. The topological polar surface area (TPSA) is 85.8 Å². The molecule has 0 radical (unpaired) electrons. The lowest BCUT2D eigenvalue weighted by atomic mass is 10.1. The molecule has 3 aromatic rings. The Morgan fingerprint density at radius 2 is 2.19 bits per heavy atom. The summed E-state index contributed by atoms with van der Waals surface area (Å²) in [7, 11) is 0. The van der Waals surface area contributed by atoms with Crippen molar-refractivity contribution in [2.75, 3.05) is 12.4 Å². The Labute approximate surface area is 155 Å². The molecule has 1 aliphatic rings. The normalized spacial score (nSPS) is 13.2. The number of aromatic nitrogens is 3. The van der Waals surface area contributed by atoms with E-state index < -0.39 is 6.67 Å². The third kappa shape index (κ3) is 3.60. The molecule has 1 aliphatic carbocycles. The van der Waals surface area contributed by atoms with Gasteiger partial charge < -0.3 is 15.6 Å². The van der Waals surface area contributed by atoms with Crippen LogP contribution in [-0.2, 0) is 6.54 Å². The number of nitrogens with one attached hydrogen (secondary N) is 1. The molecular weight excluding hydrogens is 345 g/mol. The van der Waals surface area contributed by atoms with E-state index in [4.69, 9.17) is 5.73 Å². The molecule has 136 valence electrons. The van der Waals surface area contributed by atoms with Gasteiger partial charge in [0.05, 0.1) is 17.5 Å². The summed E-state index contributed by atoms with van der Waals surface area (Å²) in [6.07, 6.45) is 5.16. The molecule has 2 heterocycles. The number of amides is 1. The number of nitrogens with zero attached hydrogens (tertiary/aromatic N) is 3. The first kappa shape index (κ1) is 17.0. The molecule has 1 saturated carbocycles. The predicted molar refractivity (Wildman–Crippen MR) is 101 cm³/mol. The molecule has 6 nitrogen and oxygen atoms in total. The molecule has 3 N–H and O–H groups in total. The number of hydrogen-bond acceptors (Lipinski definition) is 4. The quantitative estimate of drug-likeness (QED) is 0.697. The first-order valence-electron chi connectivity index (χ1n) is 8.74. The second kappa shape index (κ2) is 7.08. The van der Waals surface area contributed by atoms with E-state index in [1.165, 1.54) is 6.33 Å². The molecular formula is C20H18FN5O. The van der Waals surface area contributed by atoms with Crippen molar-refractivity contribution in [2.24, 2.45) is 0 Å².